The summed E-state index contributed by atoms with van der Waals surface area (Å²) in [4.78, 5) is 2.48. The molecule has 3 aromatic carbocycles. The smallest absolute Gasteiger partial charge is 0.127 e. The number of hydrogen-bond acceptors (Lipinski definition) is 3. The van der Waals surface area contributed by atoms with Crippen LogP contribution < -0.4 is 4.74 Å². The molecule has 29 heavy (non-hydrogen) atoms. The monoisotopic (exact) mass is 383 g/mol. The van der Waals surface area contributed by atoms with Crippen LogP contribution in [0.2, 0.25) is 0 Å². The molecule has 0 radical (unpaired) electrons. The van der Waals surface area contributed by atoms with E-state index >= 15 is 0 Å². The van der Waals surface area contributed by atoms with Crippen LogP contribution in [0.1, 0.15) is 22.3 Å². The Bertz CT molecular complexity index is 962. The van der Waals surface area contributed by atoms with E-state index in [9.17, 15) is 0 Å². The van der Waals surface area contributed by atoms with E-state index in [4.69, 9.17) is 9.47 Å². The number of hydrogen-bond donors (Lipinski definition) is 0. The van der Waals surface area contributed by atoms with Crippen molar-refractivity contribution in [2.75, 3.05) is 19.7 Å². The number of benzene rings is 3. The molecule has 2 aliphatic rings. The molecule has 3 nitrogen and oxygen atoms in total. The highest BCUT2D eigenvalue weighted by atomic mass is 16.5. The minimum absolute atomic E-state index is 0.0571. The topological polar surface area (TPSA) is 21.7 Å². The summed E-state index contributed by atoms with van der Waals surface area (Å²) in [6.45, 7) is 4.16. The molecule has 0 aliphatic carbocycles. The Balaban J connectivity index is 1.46. The third-order valence-corrected chi connectivity index (χ3v) is 5.65. The maximum atomic E-state index is 6.16. The molecule has 2 aliphatic heterocycles. The van der Waals surface area contributed by atoms with Crippen LogP contribution in [0, 0.1) is 0 Å². The molecule has 3 heteroatoms. The van der Waals surface area contributed by atoms with Crippen LogP contribution in [0.15, 0.2) is 84.9 Å². The summed E-state index contributed by atoms with van der Waals surface area (Å²) in [6, 6.07) is 27.5. The number of rotatable bonds is 3. The summed E-state index contributed by atoms with van der Waals surface area (Å²) in [5.41, 5.74) is 6.15. The van der Waals surface area contributed by atoms with Gasteiger partial charge in [0.05, 0.1) is 12.7 Å². The zero-order chi connectivity index (χ0) is 19.5. The molecule has 1 fully saturated rings. The molecular formula is C26H25NO2. The maximum absolute atomic E-state index is 6.16. The molecule has 1 saturated heterocycles. The summed E-state index contributed by atoms with van der Waals surface area (Å²) < 4.78 is 12.3. The third-order valence-electron chi connectivity index (χ3n) is 5.65. The van der Waals surface area contributed by atoms with Crippen LogP contribution >= 0.6 is 0 Å². The van der Waals surface area contributed by atoms with E-state index in [1.165, 1.54) is 22.3 Å². The molecule has 0 spiro atoms. The second-order valence-corrected chi connectivity index (χ2v) is 7.65. The highest BCUT2D eigenvalue weighted by Gasteiger charge is 2.23. The van der Waals surface area contributed by atoms with Gasteiger partial charge in [0.2, 0.25) is 0 Å². The van der Waals surface area contributed by atoms with E-state index in [0.717, 1.165) is 37.6 Å². The summed E-state index contributed by atoms with van der Waals surface area (Å²) in [7, 11) is 0. The molecule has 2 heterocycles. The van der Waals surface area contributed by atoms with Gasteiger partial charge < -0.3 is 9.47 Å². The van der Waals surface area contributed by atoms with Gasteiger partial charge in [-0.05, 0) is 34.4 Å². The Morgan fingerprint density at radius 3 is 2.52 bits per heavy atom. The molecule has 146 valence electrons. The number of ether oxygens (including phenoxy) is 2. The fourth-order valence-electron chi connectivity index (χ4n) is 4.21. The van der Waals surface area contributed by atoms with E-state index in [1.54, 1.807) is 0 Å². The van der Waals surface area contributed by atoms with Crippen molar-refractivity contribution in [3.63, 3.8) is 0 Å². The highest BCUT2D eigenvalue weighted by Crippen LogP contribution is 2.37. The molecule has 0 saturated carbocycles. The lowest BCUT2D eigenvalue weighted by atomic mass is 9.93. The third kappa shape index (κ3) is 3.98. The summed E-state index contributed by atoms with van der Waals surface area (Å²) in [5, 5.41) is 0. The first-order valence-electron chi connectivity index (χ1n) is 10.3. The average Bonchev–Trinajstić information content (AvgIpc) is 2.92. The van der Waals surface area contributed by atoms with Gasteiger partial charge in [0.15, 0.2) is 0 Å². The SMILES string of the molecule is C(=C1c2ccccc2COc2ccccc21)C1CN(Cc2ccccc2)CCO1. The van der Waals surface area contributed by atoms with Crippen LogP contribution in [-0.4, -0.2) is 30.7 Å². The summed E-state index contributed by atoms with van der Waals surface area (Å²) >= 11 is 0. The summed E-state index contributed by atoms with van der Waals surface area (Å²) in [6.07, 6.45) is 2.35. The Labute approximate surface area is 172 Å². The largest absolute Gasteiger partial charge is 0.488 e. The molecule has 0 aromatic heterocycles. The lowest BCUT2D eigenvalue weighted by Crippen LogP contribution is -2.41. The van der Waals surface area contributed by atoms with Gasteiger partial charge in [-0.25, -0.2) is 0 Å². The first kappa shape index (κ1) is 18.2. The quantitative estimate of drug-likeness (QED) is 0.641. The average molecular weight is 383 g/mol. The molecule has 0 amide bonds. The van der Waals surface area contributed by atoms with E-state index < -0.39 is 0 Å². The fourth-order valence-corrected chi connectivity index (χ4v) is 4.21. The predicted octanol–water partition coefficient (Wildman–Crippen LogP) is 4.91. The van der Waals surface area contributed by atoms with E-state index in [2.05, 4.69) is 83.8 Å². The van der Waals surface area contributed by atoms with Gasteiger partial charge in [0.25, 0.3) is 0 Å². The maximum Gasteiger partial charge on any atom is 0.127 e. The highest BCUT2D eigenvalue weighted by molar-refractivity contribution is 5.85. The molecule has 1 atom stereocenters. The number of morpholine rings is 1. The minimum Gasteiger partial charge on any atom is -0.488 e. The first-order valence-corrected chi connectivity index (χ1v) is 10.3. The van der Waals surface area contributed by atoms with Crippen LogP contribution in [-0.2, 0) is 17.9 Å². The second kappa shape index (κ2) is 8.24. The molecule has 3 aromatic rings. The zero-order valence-electron chi connectivity index (χ0n) is 16.5. The zero-order valence-corrected chi connectivity index (χ0v) is 16.5. The number of fused-ring (bicyclic) bond motifs is 2. The fraction of sp³-hybridized carbons (Fsp3) is 0.231. The lowest BCUT2D eigenvalue weighted by molar-refractivity contribution is -0.00624. The normalized spacial score (nSPS) is 20.4. The Morgan fingerprint density at radius 2 is 1.62 bits per heavy atom. The molecule has 0 N–H and O–H groups in total. The standard InChI is InChI=1S/C26H25NO2/c1-2-8-20(9-3-1)17-27-14-15-28-22(18-27)16-25-23-11-5-4-10-21(23)19-29-26-13-7-6-12-24(25)26/h1-13,16,22H,14-15,17-19H2. The predicted molar refractivity (Wildman–Crippen MR) is 116 cm³/mol. The van der Waals surface area contributed by atoms with Gasteiger partial charge in [0, 0.05) is 25.2 Å². The van der Waals surface area contributed by atoms with Gasteiger partial charge in [0.1, 0.15) is 12.4 Å². The van der Waals surface area contributed by atoms with Crippen molar-refractivity contribution in [2.24, 2.45) is 0 Å². The van der Waals surface area contributed by atoms with Crippen LogP contribution in [0.3, 0.4) is 0 Å². The van der Waals surface area contributed by atoms with E-state index in [1.807, 2.05) is 6.07 Å². The van der Waals surface area contributed by atoms with E-state index in [0.29, 0.717) is 6.61 Å². The van der Waals surface area contributed by atoms with Crippen molar-refractivity contribution >= 4 is 5.57 Å². The van der Waals surface area contributed by atoms with Crippen molar-refractivity contribution in [3.05, 3.63) is 107 Å². The van der Waals surface area contributed by atoms with Crippen LogP contribution in [0.25, 0.3) is 5.57 Å². The van der Waals surface area contributed by atoms with Crippen LogP contribution in [0.5, 0.6) is 5.75 Å². The van der Waals surface area contributed by atoms with Crippen LogP contribution in [0.4, 0.5) is 0 Å². The Morgan fingerprint density at radius 1 is 0.862 bits per heavy atom. The van der Waals surface area contributed by atoms with Gasteiger partial charge >= 0.3 is 0 Å². The molecular weight excluding hydrogens is 358 g/mol. The van der Waals surface area contributed by atoms with Gasteiger partial charge in [-0.3, -0.25) is 4.90 Å². The molecule has 1 unspecified atom stereocenters. The lowest BCUT2D eigenvalue weighted by Gasteiger charge is -2.32. The minimum atomic E-state index is 0.0571. The Kier molecular flexibility index (Phi) is 5.16. The Hall–Kier alpha value is -2.88. The second-order valence-electron chi connectivity index (χ2n) is 7.65. The van der Waals surface area contributed by atoms with Gasteiger partial charge in [-0.15, -0.1) is 0 Å². The van der Waals surface area contributed by atoms with Gasteiger partial charge in [-0.2, -0.15) is 0 Å². The molecule has 5 rings (SSSR count). The first-order chi connectivity index (χ1) is 14.4. The van der Waals surface area contributed by atoms with Gasteiger partial charge in [-0.1, -0.05) is 72.8 Å². The van der Waals surface area contributed by atoms with Crippen molar-refractivity contribution in [1.29, 1.82) is 0 Å². The number of nitrogens with zero attached hydrogens (tertiary/aromatic N) is 1. The molecule has 0 bridgehead atoms. The van der Waals surface area contributed by atoms with Crippen molar-refractivity contribution in [3.8, 4) is 5.75 Å². The van der Waals surface area contributed by atoms with Crippen molar-refractivity contribution in [1.82, 2.24) is 4.90 Å². The van der Waals surface area contributed by atoms with Crippen molar-refractivity contribution in [2.45, 2.75) is 19.3 Å². The van der Waals surface area contributed by atoms with E-state index in [-0.39, 0.29) is 6.10 Å². The summed E-state index contributed by atoms with van der Waals surface area (Å²) in [5.74, 6) is 0.937. The number of para-hydroxylation sites is 1. The van der Waals surface area contributed by atoms with Crippen molar-refractivity contribution < 1.29 is 9.47 Å².